The molecule has 0 heterocycles. The topological polar surface area (TPSA) is 74.5 Å². The number of carbonyl (C=O) groups excluding carboxylic acids is 1. The lowest BCUT2D eigenvalue weighted by Crippen LogP contribution is -2.17. The van der Waals surface area contributed by atoms with Gasteiger partial charge >= 0.3 is 0 Å². The number of carbonyl (C=O) groups is 1. The highest BCUT2D eigenvalue weighted by Gasteiger charge is 2.03. The fourth-order valence-electron chi connectivity index (χ4n) is 2.39. The molecule has 0 aliphatic rings. The Morgan fingerprint density at radius 1 is 1.28 bits per heavy atom. The number of amides is 1. The van der Waals surface area contributed by atoms with E-state index in [1.807, 2.05) is 25.1 Å². The molecule has 1 amide bonds. The molecule has 0 aliphatic carbocycles. The summed E-state index contributed by atoms with van der Waals surface area (Å²) < 4.78 is 5.19. The number of hydrazone groups is 1. The maximum atomic E-state index is 11.8. The van der Waals surface area contributed by atoms with Crippen molar-refractivity contribution in [3.05, 3.63) is 64.7 Å². The van der Waals surface area contributed by atoms with Crippen molar-refractivity contribution < 1.29 is 9.53 Å². The predicted octanol–water partition coefficient (Wildman–Crippen LogP) is 3.35. The Morgan fingerprint density at radius 2 is 2.04 bits per heavy atom. The highest BCUT2D eigenvalue weighted by atomic mass is 16.5. The lowest BCUT2D eigenvalue weighted by Gasteiger charge is -2.07. The molecule has 128 valence electrons. The van der Waals surface area contributed by atoms with E-state index in [0.29, 0.717) is 12.0 Å². The summed E-state index contributed by atoms with van der Waals surface area (Å²) in [6.45, 7) is 2.04. The number of nitriles is 1. The summed E-state index contributed by atoms with van der Waals surface area (Å²) in [6.07, 6.45) is 3.57. The standard InChI is InChI=1S/C20H21N3O2/c1-15-12-19(25-2)11-10-18(15)4-3-5-20(24)23-22-14-17-8-6-16(13-21)7-9-17/h6-12,14H,3-5H2,1-2H3,(H,23,24)/b22-14+. The summed E-state index contributed by atoms with van der Waals surface area (Å²) in [4.78, 5) is 11.8. The van der Waals surface area contributed by atoms with Gasteiger partial charge < -0.3 is 4.74 Å². The van der Waals surface area contributed by atoms with E-state index < -0.39 is 0 Å². The highest BCUT2D eigenvalue weighted by molar-refractivity contribution is 5.82. The van der Waals surface area contributed by atoms with Crippen molar-refractivity contribution in [2.75, 3.05) is 7.11 Å². The van der Waals surface area contributed by atoms with Crippen LogP contribution in [0.4, 0.5) is 0 Å². The van der Waals surface area contributed by atoms with E-state index in [9.17, 15) is 4.79 Å². The summed E-state index contributed by atoms with van der Waals surface area (Å²) in [5, 5.41) is 12.7. The third-order valence-electron chi connectivity index (χ3n) is 3.84. The van der Waals surface area contributed by atoms with Crippen LogP contribution in [0.15, 0.2) is 47.6 Å². The molecule has 5 heteroatoms. The van der Waals surface area contributed by atoms with Gasteiger partial charge in [0.25, 0.3) is 0 Å². The molecule has 25 heavy (non-hydrogen) atoms. The van der Waals surface area contributed by atoms with Gasteiger partial charge in [0.2, 0.25) is 5.91 Å². The summed E-state index contributed by atoms with van der Waals surface area (Å²) in [6, 6.07) is 15.0. The zero-order valence-corrected chi connectivity index (χ0v) is 14.5. The summed E-state index contributed by atoms with van der Waals surface area (Å²) in [5.41, 5.74) is 6.33. The Balaban J connectivity index is 1.75. The Labute approximate surface area is 147 Å². The van der Waals surface area contributed by atoms with E-state index in [2.05, 4.69) is 16.6 Å². The second-order valence-electron chi connectivity index (χ2n) is 5.67. The van der Waals surface area contributed by atoms with Gasteiger partial charge in [0.1, 0.15) is 5.75 Å². The van der Waals surface area contributed by atoms with Gasteiger partial charge in [0.15, 0.2) is 0 Å². The number of hydrogen-bond acceptors (Lipinski definition) is 4. The van der Waals surface area contributed by atoms with Crippen LogP contribution in [0, 0.1) is 18.3 Å². The second-order valence-corrected chi connectivity index (χ2v) is 5.67. The number of benzene rings is 2. The minimum absolute atomic E-state index is 0.115. The van der Waals surface area contributed by atoms with Gasteiger partial charge in [-0.2, -0.15) is 10.4 Å². The molecular formula is C20H21N3O2. The zero-order chi connectivity index (χ0) is 18.1. The third kappa shape index (κ3) is 5.78. The van der Waals surface area contributed by atoms with Gasteiger partial charge in [0.05, 0.1) is 25.0 Å². The van der Waals surface area contributed by atoms with E-state index in [0.717, 1.165) is 24.2 Å². The van der Waals surface area contributed by atoms with E-state index in [-0.39, 0.29) is 5.91 Å². The molecule has 0 bridgehead atoms. The van der Waals surface area contributed by atoms with Crippen LogP contribution in [0.3, 0.4) is 0 Å². The first-order chi connectivity index (χ1) is 12.1. The Bertz CT molecular complexity index is 790. The predicted molar refractivity (Wildman–Crippen MR) is 97.6 cm³/mol. The molecule has 0 saturated carbocycles. The van der Waals surface area contributed by atoms with Crippen LogP contribution >= 0.6 is 0 Å². The smallest absolute Gasteiger partial charge is 0.240 e. The molecule has 0 spiro atoms. The SMILES string of the molecule is COc1ccc(CCCC(=O)N/N=C/c2ccc(C#N)cc2)c(C)c1. The number of hydrogen-bond donors (Lipinski definition) is 1. The van der Waals surface area contributed by atoms with Crippen LogP contribution < -0.4 is 10.2 Å². The highest BCUT2D eigenvalue weighted by Crippen LogP contribution is 2.18. The van der Waals surface area contributed by atoms with Crippen molar-refractivity contribution >= 4 is 12.1 Å². The first-order valence-electron chi connectivity index (χ1n) is 8.08. The molecule has 0 fully saturated rings. The first kappa shape index (κ1) is 18.2. The molecule has 0 saturated heterocycles. The number of nitrogens with zero attached hydrogens (tertiary/aromatic N) is 2. The summed E-state index contributed by atoms with van der Waals surface area (Å²) in [5.74, 6) is 0.729. The van der Waals surface area contributed by atoms with Gasteiger partial charge in [-0.25, -0.2) is 5.43 Å². The Kier molecular flexibility index (Phi) is 6.73. The van der Waals surface area contributed by atoms with Crippen molar-refractivity contribution in [1.29, 1.82) is 5.26 Å². The molecular weight excluding hydrogens is 314 g/mol. The average molecular weight is 335 g/mol. The van der Waals surface area contributed by atoms with Gasteiger partial charge in [0, 0.05) is 6.42 Å². The number of nitrogens with one attached hydrogen (secondary N) is 1. The normalized spacial score (nSPS) is 10.4. The van der Waals surface area contributed by atoms with Crippen LogP contribution in [-0.2, 0) is 11.2 Å². The zero-order valence-electron chi connectivity index (χ0n) is 14.5. The molecule has 0 atom stereocenters. The van der Waals surface area contributed by atoms with Gasteiger partial charge in [-0.1, -0.05) is 18.2 Å². The van der Waals surface area contributed by atoms with Crippen molar-refractivity contribution in [3.8, 4) is 11.8 Å². The lowest BCUT2D eigenvalue weighted by atomic mass is 10.0. The van der Waals surface area contributed by atoms with Gasteiger partial charge in [-0.15, -0.1) is 0 Å². The molecule has 5 nitrogen and oxygen atoms in total. The van der Waals surface area contributed by atoms with Gasteiger partial charge in [-0.3, -0.25) is 4.79 Å². The van der Waals surface area contributed by atoms with Crippen LogP contribution in [-0.4, -0.2) is 19.2 Å². The van der Waals surface area contributed by atoms with Crippen LogP contribution in [0.5, 0.6) is 5.75 Å². The van der Waals surface area contributed by atoms with Crippen molar-refractivity contribution in [3.63, 3.8) is 0 Å². The molecule has 2 aromatic carbocycles. The van der Waals surface area contributed by atoms with E-state index in [1.54, 1.807) is 37.6 Å². The lowest BCUT2D eigenvalue weighted by molar-refractivity contribution is -0.121. The Hall–Kier alpha value is -3.13. The molecule has 0 radical (unpaired) electrons. The van der Waals surface area contributed by atoms with Crippen molar-refractivity contribution in [2.45, 2.75) is 26.2 Å². The second kappa shape index (κ2) is 9.24. The Morgan fingerprint density at radius 3 is 2.68 bits per heavy atom. The van der Waals surface area contributed by atoms with Crippen molar-refractivity contribution in [2.24, 2.45) is 5.10 Å². The third-order valence-corrected chi connectivity index (χ3v) is 3.84. The quantitative estimate of drug-likeness (QED) is 0.623. The fraction of sp³-hybridized carbons (Fsp3) is 0.250. The molecule has 2 aromatic rings. The fourth-order valence-corrected chi connectivity index (χ4v) is 2.39. The maximum absolute atomic E-state index is 11.8. The maximum Gasteiger partial charge on any atom is 0.240 e. The minimum Gasteiger partial charge on any atom is -0.497 e. The van der Waals surface area contributed by atoms with Gasteiger partial charge in [-0.05, 0) is 60.7 Å². The molecule has 0 aliphatic heterocycles. The minimum atomic E-state index is -0.115. The van der Waals surface area contributed by atoms with Crippen molar-refractivity contribution in [1.82, 2.24) is 5.43 Å². The van der Waals surface area contributed by atoms with E-state index in [4.69, 9.17) is 10.00 Å². The monoisotopic (exact) mass is 335 g/mol. The number of rotatable bonds is 7. The molecule has 0 unspecified atom stereocenters. The average Bonchev–Trinajstić information content (AvgIpc) is 2.63. The van der Waals surface area contributed by atoms with Crippen LogP contribution in [0.1, 0.15) is 35.1 Å². The van der Waals surface area contributed by atoms with E-state index >= 15 is 0 Å². The largest absolute Gasteiger partial charge is 0.497 e. The first-order valence-corrected chi connectivity index (χ1v) is 8.08. The van der Waals surface area contributed by atoms with Crippen LogP contribution in [0.2, 0.25) is 0 Å². The number of ether oxygens (including phenoxy) is 1. The molecule has 0 aromatic heterocycles. The molecule has 2 rings (SSSR count). The molecule has 1 N–H and O–H groups in total. The summed E-state index contributed by atoms with van der Waals surface area (Å²) >= 11 is 0. The number of aryl methyl sites for hydroxylation is 2. The van der Waals surface area contributed by atoms with Crippen LogP contribution in [0.25, 0.3) is 0 Å². The van der Waals surface area contributed by atoms with E-state index in [1.165, 1.54) is 11.1 Å². The number of methoxy groups -OCH3 is 1. The summed E-state index contributed by atoms with van der Waals surface area (Å²) in [7, 11) is 1.65.